The van der Waals surface area contributed by atoms with Gasteiger partial charge in [0.1, 0.15) is 0 Å². The van der Waals surface area contributed by atoms with E-state index in [4.69, 9.17) is 0 Å². The van der Waals surface area contributed by atoms with Gasteiger partial charge in [0.15, 0.2) is 0 Å². The summed E-state index contributed by atoms with van der Waals surface area (Å²) in [5, 5.41) is 3.36. The number of aromatic nitrogens is 1. The third kappa shape index (κ3) is 3.50. The van der Waals surface area contributed by atoms with Crippen molar-refractivity contribution in [3.8, 4) is 22.4 Å². The molecule has 0 atom stereocenters. The summed E-state index contributed by atoms with van der Waals surface area (Å²) < 4.78 is 38.5. The largest absolute Gasteiger partial charge is 0.416 e. The number of benzene rings is 2. The van der Waals surface area contributed by atoms with Gasteiger partial charge in [0.25, 0.3) is 0 Å². The third-order valence-electron chi connectivity index (χ3n) is 4.64. The van der Waals surface area contributed by atoms with Crippen molar-refractivity contribution in [2.45, 2.75) is 19.1 Å². The summed E-state index contributed by atoms with van der Waals surface area (Å²) >= 11 is 0. The fourth-order valence-electron chi connectivity index (χ4n) is 3.38. The van der Waals surface area contributed by atoms with Crippen molar-refractivity contribution in [2.24, 2.45) is 0 Å². The van der Waals surface area contributed by atoms with E-state index in [0.717, 1.165) is 54.0 Å². The minimum atomic E-state index is -4.31. The summed E-state index contributed by atoms with van der Waals surface area (Å²) in [6.45, 7) is 1.65. The molecule has 2 aromatic carbocycles. The SMILES string of the molecule is Cl.FC(F)(F)c1ccc(-c2cc(-c3ccc[nH]3)cc3c2CCNC3)cc1. The lowest BCUT2D eigenvalue weighted by Gasteiger charge is -2.22. The molecule has 3 aromatic rings. The number of nitrogens with one attached hydrogen (secondary N) is 2. The molecule has 0 aliphatic carbocycles. The van der Waals surface area contributed by atoms with Crippen molar-refractivity contribution in [3.05, 3.63) is 71.4 Å². The highest BCUT2D eigenvalue weighted by Crippen LogP contribution is 2.35. The van der Waals surface area contributed by atoms with Crippen LogP contribution in [0.2, 0.25) is 0 Å². The number of aromatic amines is 1. The van der Waals surface area contributed by atoms with Crippen LogP contribution in [0.5, 0.6) is 0 Å². The Morgan fingerprint density at radius 2 is 1.69 bits per heavy atom. The maximum Gasteiger partial charge on any atom is 0.416 e. The van der Waals surface area contributed by atoms with Crippen LogP contribution in [0, 0.1) is 0 Å². The van der Waals surface area contributed by atoms with E-state index >= 15 is 0 Å². The van der Waals surface area contributed by atoms with Gasteiger partial charge in [-0.3, -0.25) is 0 Å². The second-order valence-corrected chi connectivity index (χ2v) is 6.25. The van der Waals surface area contributed by atoms with Crippen molar-refractivity contribution in [1.29, 1.82) is 0 Å². The summed E-state index contributed by atoms with van der Waals surface area (Å²) in [6, 6.07) is 13.6. The molecule has 0 bridgehead atoms. The lowest BCUT2D eigenvalue weighted by atomic mass is 9.88. The van der Waals surface area contributed by atoms with E-state index in [9.17, 15) is 13.2 Å². The first-order chi connectivity index (χ1) is 12.0. The highest BCUT2D eigenvalue weighted by atomic mass is 35.5. The lowest BCUT2D eigenvalue weighted by molar-refractivity contribution is -0.137. The van der Waals surface area contributed by atoms with Crippen molar-refractivity contribution < 1.29 is 13.2 Å². The van der Waals surface area contributed by atoms with Crippen LogP contribution < -0.4 is 5.32 Å². The number of H-pyrrole nitrogens is 1. The zero-order valence-corrected chi connectivity index (χ0v) is 14.7. The number of hydrogen-bond donors (Lipinski definition) is 2. The zero-order chi connectivity index (χ0) is 17.4. The van der Waals surface area contributed by atoms with Crippen molar-refractivity contribution in [3.63, 3.8) is 0 Å². The maximum absolute atomic E-state index is 12.8. The second-order valence-electron chi connectivity index (χ2n) is 6.25. The van der Waals surface area contributed by atoms with Gasteiger partial charge in [0, 0.05) is 18.4 Å². The Morgan fingerprint density at radius 1 is 0.923 bits per heavy atom. The van der Waals surface area contributed by atoms with Crippen LogP contribution in [0.25, 0.3) is 22.4 Å². The van der Waals surface area contributed by atoms with Gasteiger partial charge in [-0.1, -0.05) is 12.1 Å². The molecule has 136 valence electrons. The van der Waals surface area contributed by atoms with E-state index in [1.54, 1.807) is 12.1 Å². The van der Waals surface area contributed by atoms with Crippen molar-refractivity contribution in [2.75, 3.05) is 6.54 Å². The van der Waals surface area contributed by atoms with Crippen LogP contribution in [0.15, 0.2) is 54.7 Å². The van der Waals surface area contributed by atoms with E-state index in [1.165, 1.54) is 11.1 Å². The number of fused-ring (bicyclic) bond motifs is 1. The Kier molecular flexibility index (Phi) is 5.12. The fourth-order valence-corrected chi connectivity index (χ4v) is 3.38. The predicted molar refractivity (Wildman–Crippen MR) is 99.3 cm³/mol. The summed E-state index contributed by atoms with van der Waals surface area (Å²) in [6.07, 6.45) is -1.57. The molecule has 2 heterocycles. The maximum atomic E-state index is 12.8. The van der Waals surface area contributed by atoms with Gasteiger partial charge >= 0.3 is 6.18 Å². The monoisotopic (exact) mass is 378 g/mol. The summed E-state index contributed by atoms with van der Waals surface area (Å²) in [5.41, 5.74) is 5.68. The average Bonchev–Trinajstić information content (AvgIpc) is 3.15. The molecule has 0 fully saturated rings. The Hall–Kier alpha value is -2.24. The summed E-state index contributed by atoms with van der Waals surface area (Å²) in [5.74, 6) is 0. The standard InChI is InChI=1S/C20H17F3N2.ClH/c21-20(22,23)16-5-3-13(4-6-16)18-11-14(19-2-1-8-25-19)10-15-12-24-9-7-17(15)18;/h1-6,8,10-11,24-25H,7,9,12H2;1H. The Balaban J connectivity index is 0.00000196. The molecule has 1 aromatic heterocycles. The second kappa shape index (κ2) is 7.17. The topological polar surface area (TPSA) is 27.8 Å². The molecule has 0 saturated carbocycles. The first kappa shape index (κ1) is 18.5. The minimum absolute atomic E-state index is 0. The van der Waals surface area contributed by atoms with Gasteiger partial charge in [-0.25, -0.2) is 0 Å². The smallest absolute Gasteiger partial charge is 0.361 e. The summed E-state index contributed by atoms with van der Waals surface area (Å²) in [7, 11) is 0. The molecular formula is C20H18ClF3N2. The molecule has 0 spiro atoms. The van der Waals surface area contributed by atoms with Crippen LogP contribution >= 0.6 is 12.4 Å². The van der Waals surface area contributed by atoms with E-state index in [1.807, 2.05) is 18.3 Å². The quantitative estimate of drug-likeness (QED) is 0.611. The number of alkyl halides is 3. The minimum Gasteiger partial charge on any atom is -0.361 e. The predicted octanol–water partition coefficient (Wildman–Crippen LogP) is 5.44. The van der Waals surface area contributed by atoms with E-state index in [0.29, 0.717) is 0 Å². The molecule has 0 radical (unpaired) electrons. The molecule has 1 aliphatic heterocycles. The van der Waals surface area contributed by atoms with E-state index in [-0.39, 0.29) is 12.4 Å². The Morgan fingerprint density at radius 3 is 2.35 bits per heavy atom. The van der Waals surface area contributed by atoms with Gasteiger partial charge in [0.05, 0.1) is 5.56 Å². The Labute approximate surface area is 155 Å². The van der Waals surface area contributed by atoms with Crippen LogP contribution in [0.3, 0.4) is 0 Å². The van der Waals surface area contributed by atoms with Crippen LogP contribution in [-0.2, 0) is 19.1 Å². The molecule has 0 unspecified atom stereocenters. The molecule has 26 heavy (non-hydrogen) atoms. The molecule has 4 rings (SSSR count). The number of hydrogen-bond acceptors (Lipinski definition) is 1. The normalized spacial score (nSPS) is 13.8. The third-order valence-corrected chi connectivity index (χ3v) is 4.64. The average molecular weight is 379 g/mol. The molecular weight excluding hydrogens is 361 g/mol. The molecule has 0 amide bonds. The summed E-state index contributed by atoms with van der Waals surface area (Å²) in [4.78, 5) is 3.20. The molecule has 6 heteroatoms. The lowest BCUT2D eigenvalue weighted by Crippen LogP contribution is -2.24. The zero-order valence-electron chi connectivity index (χ0n) is 13.9. The van der Waals surface area contributed by atoms with E-state index in [2.05, 4.69) is 22.4 Å². The van der Waals surface area contributed by atoms with Gasteiger partial charge in [-0.2, -0.15) is 13.2 Å². The molecule has 0 saturated heterocycles. The molecule has 2 nitrogen and oxygen atoms in total. The molecule has 1 aliphatic rings. The first-order valence-electron chi connectivity index (χ1n) is 8.20. The first-order valence-corrected chi connectivity index (χ1v) is 8.20. The van der Waals surface area contributed by atoms with Crippen LogP contribution in [0.4, 0.5) is 13.2 Å². The number of halogens is 4. The van der Waals surface area contributed by atoms with Gasteiger partial charge < -0.3 is 10.3 Å². The van der Waals surface area contributed by atoms with Crippen molar-refractivity contribution in [1.82, 2.24) is 10.3 Å². The fraction of sp³-hybridized carbons (Fsp3) is 0.200. The molecule has 2 N–H and O–H groups in total. The Bertz CT molecular complexity index is 885. The highest BCUT2D eigenvalue weighted by molar-refractivity contribution is 5.85. The van der Waals surface area contributed by atoms with Crippen LogP contribution in [0.1, 0.15) is 16.7 Å². The van der Waals surface area contributed by atoms with Crippen molar-refractivity contribution >= 4 is 12.4 Å². The number of rotatable bonds is 2. The van der Waals surface area contributed by atoms with E-state index < -0.39 is 11.7 Å². The highest BCUT2D eigenvalue weighted by Gasteiger charge is 2.30. The van der Waals surface area contributed by atoms with Gasteiger partial charge in [-0.15, -0.1) is 12.4 Å². The van der Waals surface area contributed by atoms with Gasteiger partial charge in [0.2, 0.25) is 0 Å². The van der Waals surface area contributed by atoms with Gasteiger partial charge in [-0.05, 0) is 77.2 Å². The van der Waals surface area contributed by atoms with Crippen LogP contribution in [-0.4, -0.2) is 11.5 Å².